The Morgan fingerprint density at radius 3 is 1.85 bits per heavy atom. The molecule has 0 atom stereocenters. The van der Waals surface area contributed by atoms with Gasteiger partial charge in [0.25, 0.3) is 0 Å². The Morgan fingerprint density at radius 1 is 0.650 bits per heavy atom. The molecule has 0 aliphatic carbocycles. The van der Waals surface area contributed by atoms with Gasteiger partial charge in [0.05, 0.1) is 0 Å². The molecule has 5 rings (SSSR count). The topological polar surface area (TPSA) is 25.8 Å². The number of halogens is 6. The van der Waals surface area contributed by atoms with E-state index >= 15 is 0 Å². The van der Waals surface area contributed by atoms with Crippen LogP contribution in [-0.2, 0) is 32.5 Å². The fourth-order valence-corrected chi connectivity index (χ4v) is 3.57. The van der Waals surface area contributed by atoms with Crippen molar-refractivity contribution in [1.29, 1.82) is 0 Å². The molecule has 0 amide bonds. The van der Waals surface area contributed by atoms with Crippen molar-refractivity contribution in [3.05, 3.63) is 132 Å². The second-order valence-corrected chi connectivity index (χ2v) is 8.18. The summed E-state index contributed by atoms with van der Waals surface area (Å²) in [5.41, 5.74) is 0.00317. The van der Waals surface area contributed by atoms with Crippen LogP contribution >= 0.6 is 0 Å². The Labute approximate surface area is 245 Å². The van der Waals surface area contributed by atoms with Gasteiger partial charge in [0.2, 0.25) is 0 Å². The Hall–Kier alpha value is -3.81. The van der Waals surface area contributed by atoms with Crippen LogP contribution in [-0.4, -0.2) is 9.97 Å². The average Bonchev–Trinajstić information content (AvgIpc) is 2.97. The molecular weight excluding hydrogens is 707 g/mol. The number of nitrogens with zero attached hydrogens (tertiary/aromatic N) is 2. The summed E-state index contributed by atoms with van der Waals surface area (Å²) in [6, 6.07) is 30.3. The molecule has 0 bridgehead atoms. The summed E-state index contributed by atoms with van der Waals surface area (Å²) in [7, 11) is 0. The number of aromatic nitrogens is 2. The molecule has 0 fully saturated rings. The van der Waals surface area contributed by atoms with Gasteiger partial charge in [-0.3, -0.25) is 0 Å². The van der Waals surface area contributed by atoms with Crippen molar-refractivity contribution in [1.82, 2.24) is 9.97 Å². The van der Waals surface area contributed by atoms with Gasteiger partial charge in [-0.1, -0.05) is 54.6 Å². The second-order valence-electron chi connectivity index (χ2n) is 8.18. The molecule has 2 nitrogen and oxygen atoms in total. The molecule has 0 unspecified atom stereocenters. The van der Waals surface area contributed by atoms with Gasteiger partial charge < -0.3 is 9.97 Å². The van der Waals surface area contributed by atoms with Crippen LogP contribution in [0.1, 0.15) is 20.8 Å². The van der Waals surface area contributed by atoms with Crippen LogP contribution in [0.3, 0.4) is 0 Å². The van der Waals surface area contributed by atoms with Gasteiger partial charge in [0.1, 0.15) is 0 Å². The SMILES string of the molecule is [2H]C([2H])([2H])c1ccc(-c2[c-]cc(C(F)(F)F)c(C(F)(F)F)c2)nc1.[Ir].[c-]1ccccc1-c1ccc(-c2ccccc2)cn1. The van der Waals surface area contributed by atoms with Crippen LogP contribution in [0.5, 0.6) is 0 Å². The maximum atomic E-state index is 12.9. The number of rotatable bonds is 3. The fraction of sp³-hybridized carbons (Fsp3) is 0.0968. The summed E-state index contributed by atoms with van der Waals surface area (Å²) >= 11 is 0. The van der Waals surface area contributed by atoms with Crippen LogP contribution in [0.25, 0.3) is 33.6 Å². The van der Waals surface area contributed by atoms with E-state index in [1.54, 1.807) is 0 Å². The van der Waals surface area contributed by atoms with Crippen molar-refractivity contribution in [2.45, 2.75) is 19.2 Å². The first kappa shape index (κ1) is 26.4. The Bertz CT molecular complexity index is 1550. The van der Waals surface area contributed by atoms with Gasteiger partial charge in [-0.05, 0) is 46.1 Å². The van der Waals surface area contributed by atoms with Gasteiger partial charge >= 0.3 is 12.4 Å². The number of benzene rings is 3. The minimum Gasteiger partial charge on any atom is -0.304 e. The van der Waals surface area contributed by atoms with E-state index in [2.05, 4.69) is 40.3 Å². The summed E-state index contributed by atoms with van der Waals surface area (Å²) in [5, 5.41) is 0. The predicted octanol–water partition coefficient (Wildman–Crippen LogP) is 9.11. The molecule has 40 heavy (non-hydrogen) atoms. The molecule has 0 aliphatic rings. The van der Waals surface area contributed by atoms with Crippen LogP contribution in [0, 0.1) is 19.0 Å². The minimum atomic E-state index is -5.21. The maximum absolute atomic E-state index is 12.9. The van der Waals surface area contributed by atoms with Crippen LogP contribution in [0.2, 0.25) is 0 Å². The molecule has 3 aromatic carbocycles. The Balaban J connectivity index is 0.000000238. The third kappa shape index (κ3) is 7.87. The molecule has 0 spiro atoms. The molecule has 2 heterocycles. The number of hydrogen-bond acceptors (Lipinski definition) is 2. The number of pyridine rings is 2. The van der Waals surface area contributed by atoms with E-state index in [1.165, 1.54) is 5.56 Å². The first-order valence-electron chi connectivity index (χ1n) is 12.9. The average molecular weight is 730 g/mol. The van der Waals surface area contributed by atoms with Gasteiger partial charge in [0, 0.05) is 36.6 Å². The molecule has 0 N–H and O–H groups in total. The van der Waals surface area contributed by atoms with Crippen molar-refractivity contribution in [3.8, 4) is 33.6 Å². The van der Waals surface area contributed by atoms with E-state index in [4.69, 9.17) is 4.11 Å². The molecule has 207 valence electrons. The monoisotopic (exact) mass is 730 g/mol. The number of aryl methyl sites for hydroxylation is 1. The third-order valence-corrected chi connectivity index (χ3v) is 5.46. The molecule has 2 aromatic heterocycles. The summed E-state index contributed by atoms with van der Waals surface area (Å²) in [6.07, 6.45) is -7.56. The number of hydrogen-bond donors (Lipinski definition) is 0. The second kappa shape index (κ2) is 13.0. The van der Waals surface area contributed by atoms with Crippen molar-refractivity contribution in [2.24, 2.45) is 0 Å². The molecule has 5 aromatic rings. The van der Waals surface area contributed by atoms with Crippen molar-refractivity contribution < 1.29 is 50.6 Å². The summed E-state index contributed by atoms with van der Waals surface area (Å²) in [4.78, 5) is 8.18. The van der Waals surface area contributed by atoms with E-state index in [0.29, 0.717) is 6.07 Å². The van der Waals surface area contributed by atoms with Gasteiger partial charge in [-0.15, -0.1) is 59.7 Å². The van der Waals surface area contributed by atoms with Gasteiger partial charge in [-0.25, -0.2) is 0 Å². The molecule has 9 heteroatoms. The van der Waals surface area contributed by atoms with E-state index in [1.807, 2.05) is 54.7 Å². The summed E-state index contributed by atoms with van der Waals surface area (Å²) in [5.74, 6) is 0. The maximum Gasteiger partial charge on any atom is 0.400 e. The van der Waals surface area contributed by atoms with Crippen LogP contribution in [0.15, 0.2) is 103 Å². The molecule has 0 aliphatic heterocycles. The zero-order valence-corrected chi connectivity index (χ0v) is 22.7. The van der Waals surface area contributed by atoms with E-state index < -0.39 is 30.3 Å². The van der Waals surface area contributed by atoms with Gasteiger partial charge in [0.15, 0.2) is 0 Å². The fourth-order valence-electron chi connectivity index (χ4n) is 3.57. The smallest absolute Gasteiger partial charge is 0.304 e. The van der Waals surface area contributed by atoms with Crippen molar-refractivity contribution >= 4 is 0 Å². The Kier molecular flexibility index (Phi) is 8.60. The quantitative estimate of drug-likeness (QED) is 0.137. The van der Waals surface area contributed by atoms with Gasteiger partial charge in [-0.2, -0.15) is 26.3 Å². The standard InChI is InChI=1S/C17H12N.C14H8F6N.Ir/c1-3-7-14(8-4-1)16-11-12-17(18-13-16)15-9-5-2-6-10-15;1-8-2-5-12(21-7-8)9-3-4-10(13(15,16)17)11(6-9)14(18,19)20;/h1-9,11-13H;2,4-7H,1H3;/q2*-1;/i;1D3;. The molecule has 0 saturated carbocycles. The number of alkyl halides is 6. The van der Waals surface area contributed by atoms with Crippen LogP contribution in [0.4, 0.5) is 26.3 Å². The third-order valence-electron chi connectivity index (χ3n) is 5.46. The van der Waals surface area contributed by atoms with E-state index in [-0.39, 0.29) is 43.0 Å². The van der Waals surface area contributed by atoms with Crippen LogP contribution < -0.4 is 0 Å². The van der Waals surface area contributed by atoms with E-state index in [9.17, 15) is 26.3 Å². The molecular formula is C31H20F6IrN2-2. The zero-order chi connectivity index (χ0) is 30.5. The summed E-state index contributed by atoms with van der Waals surface area (Å²) < 4.78 is 98.3. The molecule has 0 saturated heterocycles. The normalized spacial score (nSPS) is 12.6. The largest absolute Gasteiger partial charge is 0.400 e. The van der Waals surface area contributed by atoms with Crippen molar-refractivity contribution in [2.75, 3.05) is 0 Å². The van der Waals surface area contributed by atoms with Crippen molar-refractivity contribution in [3.63, 3.8) is 0 Å². The Morgan fingerprint density at radius 2 is 1.30 bits per heavy atom. The summed E-state index contributed by atoms with van der Waals surface area (Å²) in [6.45, 7) is -2.45. The first-order valence-corrected chi connectivity index (χ1v) is 11.4. The van der Waals surface area contributed by atoms with E-state index in [0.717, 1.165) is 35.2 Å². The minimum absolute atomic E-state index is 0. The zero-order valence-electron chi connectivity index (χ0n) is 23.3. The predicted molar refractivity (Wildman–Crippen MR) is 137 cm³/mol. The first-order chi connectivity index (χ1) is 19.7. The molecule has 1 radical (unpaired) electrons.